The van der Waals surface area contributed by atoms with Crippen molar-refractivity contribution in [1.29, 1.82) is 0 Å². The number of hydrogen-bond acceptors (Lipinski definition) is 1. The second-order valence-electron chi connectivity index (χ2n) is 4.56. The number of hydrogen-bond donors (Lipinski definition) is 1. The van der Waals surface area contributed by atoms with Crippen LogP contribution < -0.4 is 5.32 Å². The third kappa shape index (κ3) is 6.16. The zero-order valence-electron chi connectivity index (χ0n) is 9.69. The minimum absolute atomic E-state index is 0.179. The van der Waals surface area contributed by atoms with E-state index in [0.717, 1.165) is 19.3 Å². The lowest BCUT2D eigenvalue weighted by atomic mass is 10.0. The standard InChI is InChI=1S/C12H20F3N/c1-10(6-5-9-12(13,14)15)16-11-7-3-2-4-8-11/h2-3,10-11,16H,4-9H2,1H3. The highest BCUT2D eigenvalue weighted by Gasteiger charge is 2.26. The van der Waals surface area contributed by atoms with Gasteiger partial charge in [0, 0.05) is 18.5 Å². The van der Waals surface area contributed by atoms with Gasteiger partial charge in [0.25, 0.3) is 0 Å². The monoisotopic (exact) mass is 235 g/mol. The Balaban J connectivity index is 2.10. The zero-order valence-corrected chi connectivity index (χ0v) is 9.69. The molecule has 2 atom stereocenters. The minimum Gasteiger partial charge on any atom is -0.311 e. The van der Waals surface area contributed by atoms with Gasteiger partial charge in [-0.05, 0) is 39.0 Å². The Morgan fingerprint density at radius 2 is 2.12 bits per heavy atom. The van der Waals surface area contributed by atoms with E-state index in [1.165, 1.54) is 0 Å². The van der Waals surface area contributed by atoms with E-state index < -0.39 is 12.6 Å². The maximum absolute atomic E-state index is 11.9. The van der Waals surface area contributed by atoms with E-state index in [1.54, 1.807) is 0 Å². The molecule has 0 aromatic carbocycles. The smallest absolute Gasteiger partial charge is 0.311 e. The van der Waals surface area contributed by atoms with Gasteiger partial charge in [0.1, 0.15) is 0 Å². The molecule has 0 saturated heterocycles. The summed E-state index contributed by atoms with van der Waals surface area (Å²) in [5.41, 5.74) is 0. The molecule has 0 bridgehead atoms. The van der Waals surface area contributed by atoms with Gasteiger partial charge in [0.2, 0.25) is 0 Å². The molecule has 4 heteroatoms. The van der Waals surface area contributed by atoms with E-state index in [1.807, 2.05) is 6.92 Å². The van der Waals surface area contributed by atoms with E-state index in [9.17, 15) is 13.2 Å². The molecule has 0 spiro atoms. The van der Waals surface area contributed by atoms with E-state index in [4.69, 9.17) is 0 Å². The molecule has 1 aliphatic carbocycles. The van der Waals surface area contributed by atoms with Gasteiger partial charge < -0.3 is 5.32 Å². The average Bonchev–Trinajstić information content (AvgIpc) is 2.17. The molecule has 16 heavy (non-hydrogen) atoms. The molecule has 1 aliphatic rings. The van der Waals surface area contributed by atoms with Gasteiger partial charge in [-0.15, -0.1) is 0 Å². The van der Waals surface area contributed by atoms with Crippen molar-refractivity contribution in [2.45, 2.75) is 63.7 Å². The van der Waals surface area contributed by atoms with Crippen LogP contribution in [-0.2, 0) is 0 Å². The van der Waals surface area contributed by atoms with Gasteiger partial charge >= 0.3 is 6.18 Å². The average molecular weight is 235 g/mol. The van der Waals surface area contributed by atoms with Crippen molar-refractivity contribution < 1.29 is 13.2 Å². The Kier molecular flexibility index (Phi) is 5.32. The summed E-state index contributed by atoms with van der Waals surface area (Å²) in [4.78, 5) is 0. The summed E-state index contributed by atoms with van der Waals surface area (Å²) in [6, 6.07) is 0.629. The Bertz CT molecular complexity index is 223. The van der Waals surface area contributed by atoms with Crippen molar-refractivity contribution in [2.24, 2.45) is 0 Å². The largest absolute Gasteiger partial charge is 0.389 e. The first-order valence-electron chi connectivity index (χ1n) is 5.95. The third-order valence-corrected chi connectivity index (χ3v) is 2.89. The maximum atomic E-state index is 11.9. The molecule has 94 valence electrons. The number of rotatable bonds is 5. The predicted octanol–water partition coefficient (Wildman–Crippen LogP) is 3.81. The molecular weight excluding hydrogens is 215 g/mol. The summed E-state index contributed by atoms with van der Waals surface area (Å²) in [7, 11) is 0. The second-order valence-corrected chi connectivity index (χ2v) is 4.56. The van der Waals surface area contributed by atoms with Crippen LogP contribution in [0.1, 0.15) is 45.4 Å². The van der Waals surface area contributed by atoms with Crippen molar-refractivity contribution in [2.75, 3.05) is 0 Å². The molecule has 0 saturated carbocycles. The molecule has 0 aromatic rings. The second kappa shape index (κ2) is 6.28. The Hall–Kier alpha value is -0.510. The molecule has 2 unspecified atom stereocenters. The van der Waals surface area contributed by atoms with Crippen molar-refractivity contribution in [3.8, 4) is 0 Å². The van der Waals surface area contributed by atoms with Gasteiger partial charge in [0.15, 0.2) is 0 Å². The van der Waals surface area contributed by atoms with Crippen LogP contribution in [0.3, 0.4) is 0 Å². The van der Waals surface area contributed by atoms with Crippen molar-refractivity contribution in [1.82, 2.24) is 5.32 Å². The topological polar surface area (TPSA) is 12.0 Å². The molecule has 0 heterocycles. The van der Waals surface area contributed by atoms with E-state index in [2.05, 4.69) is 17.5 Å². The highest BCUT2D eigenvalue weighted by molar-refractivity contribution is 4.93. The highest BCUT2D eigenvalue weighted by Crippen LogP contribution is 2.23. The molecular formula is C12H20F3N. The molecule has 1 nitrogen and oxygen atoms in total. The van der Waals surface area contributed by atoms with Crippen LogP contribution in [-0.4, -0.2) is 18.3 Å². The predicted molar refractivity (Wildman–Crippen MR) is 59.3 cm³/mol. The minimum atomic E-state index is -4.01. The van der Waals surface area contributed by atoms with E-state index in [-0.39, 0.29) is 12.5 Å². The van der Waals surface area contributed by atoms with Crippen molar-refractivity contribution in [3.63, 3.8) is 0 Å². The van der Waals surface area contributed by atoms with Gasteiger partial charge in [-0.2, -0.15) is 13.2 Å². The van der Waals surface area contributed by atoms with Crippen LogP contribution in [0.25, 0.3) is 0 Å². The van der Waals surface area contributed by atoms with E-state index in [0.29, 0.717) is 12.5 Å². The van der Waals surface area contributed by atoms with Gasteiger partial charge in [0.05, 0.1) is 0 Å². The Morgan fingerprint density at radius 1 is 1.38 bits per heavy atom. The summed E-state index contributed by atoms with van der Waals surface area (Å²) in [5, 5.41) is 3.39. The third-order valence-electron chi connectivity index (χ3n) is 2.89. The fourth-order valence-electron chi connectivity index (χ4n) is 2.04. The summed E-state index contributed by atoms with van der Waals surface area (Å²) >= 11 is 0. The number of nitrogens with one attached hydrogen (secondary N) is 1. The number of allylic oxidation sites excluding steroid dienone is 1. The SMILES string of the molecule is CC(CCCC(F)(F)F)NC1CC=CCC1. The van der Waals surface area contributed by atoms with Crippen molar-refractivity contribution >= 4 is 0 Å². The number of halogens is 3. The summed E-state index contributed by atoms with van der Waals surface area (Å²) < 4.78 is 35.8. The lowest BCUT2D eigenvalue weighted by Gasteiger charge is -2.24. The summed E-state index contributed by atoms with van der Waals surface area (Å²) in [5.74, 6) is 0. The number of alkyl halides is 3. The molecule has 1 rings (SSSR count). The quantitative estimate of drug-likeness (QED) is 0.714. The normalized spacial score (nSPS) is 23.4. The molecule has 0 aromatic heterocycles. The summed E-state index contributed by atoms with van der Waals surface area (Å²) in [6.07, 6.45) is 3.63. The fourth-order valence-corrected chi connectivity index (χ4v) is 2.04. The van der Waals surface area contributed by atoms with Gasteiger partial charge in [-0.3, -0.25) is 0 Å². The van der Waals surface area contributed by atoms with Crippen LogP contribution in [0.5, 0.6) is 0 Å². The van der Waals surface area contributed by atoms with Crippen molar-refractivity contribution in [3.05, 3.63) is 12.2 Å². The first kappa shape index (κ1) is 13.6. The van der Waals surface area contributed by atoms with Gasteiger partial charge in [-0.1, -0.05) is 12.2 Å². The Labute approximate surface area is 95.1 Å². The lowest BCUT2D eigenvalue weighted by molar-refractivity contribution is -0.135. The first-order chi connectivity index (χ1) is 7.47. The zero-order chi connectivity index (χ0) is 12.0. The van der Waals surface area contributed by atoms with E-state index >= 15 is 0 Å². The van der Waals surface area contributed by atoms with Crippen LogP contribution in [0, 0.1) is 0 Å². The van der Waals surface area contributed by atoms with Crippen LogP contribution >= 0.6 is 0 Å². The maximum Gasteiger partial charge on any atom is 0.389 e. The first-order valence-corrected chi connectivity index (χ1v) is 5.95. The molecule has 0 radical (unpaired) electrons. The Morgan fingerprint density at radius 3 is 2.69 bits per heavy atom. The molecule has 0 fully saturated rings. The van der Waals surface area contributed by atoms with Crippen LogP contribution in [0.4, 0.5) is 13.2 Å². The summed E-state index contributed by atoms with van der Waals surface area (Å²) in [6.45, 7) is 1.97. The van der Waals surface area contributed by atoms with Gasteiger partial charge in [-0.25, -0.2) is 0 Å². The lowest BCUT2D eigenvalue weighted by Crippen LogP contribution is -2.37. The molecule has 1 N–H and O–H groups in total. The van der Waals surface area contributed by atoms with Crippen LogP contribution in [0.2, 0.25) is 0 Å². The highest BCUT2D eigenvalue weighted by atomic mass is 19.4. The molecule has 0 amide bonds. The van der Waals surface area contributed by atoms with Crippen LogP contribution in [0.15, 0.2) is 12.2 Å². The molecule has 0 aliphatic heterocycles. The fraction of sp³-hybridized carbons (Fsp3) is 0.833.